The Balaban J connectivity index is 2.27. The van der Waals surface area contributed by atoms with Gasteiger partial charge in [-0.05, 0) is 54.3 Å². The van der Waals surface area contributed by atoms with Crippen LogP contribution in [0.1, 0.15) is 27.1 Å². The van der Waals surface area contributed by atoms with Crippen LogP contribution < -0.4 is 4.74 Å². The molecule has 1 atom stereocenters. The van der Waals surface area contributed by atoms with Gasteiger partial charge in [0.05, 0.1) is 4.83 Å². The van der Waals surface area contributed by atoms with Crippen LogP contribution >= 0.6 is 31.9 Å². The Kier molecular flexibility index (Phi) is 5.38. The SMILES string of the molecule is Cc1cc(C(Br)c2ccc(OC(F)F)cc2)c(C)cc1Br. The Morgan fingerprint density at radius 3 is 2.19 bits per heavy atom. The smallest absolute Gasteiger partial charge is 0.387 e. The maximum atomic E-state index is 12.1. The van der Waals surface area contributed by atoms with Gasteiger partial charge >= 0.3 is 6.61 Å². The van der Waals surface area contributed by atoms with Crippen molar-refractivity contribution in [2.24, 2.45) is 0 Å². The minimum Gasteiger partial charge on any atom is -0.435 e. The van der Waals surface area contributed by atoms with E-state index in [1.54, 1.807) is 24.3 Å². The highest BCUT2D eigenvalue weighted by atomic mass is 79.9. The van der Waals surface area contributed by atoms with Gasteiger partial charge in [0.1, 0.15) is 5.75 Å². The van der Waals surface area contributed by atoms with Crippen LogP contribution in [-0.2, 0) is 0 Å². The Bertz CT molecular complexity index is 627. The van der Waals surface area contributed by atoms with Gasteiger partial charge < -0.3 is 4.74 Å². The first-order valence-corrected chi connectivity index (χ1v) is 8.05. The normalized spacial score (nSPS) is 12.5. The summed E-state index contributed by atoms with van der Waals surface area (Å²) in [5.74, 6) is 0.164. The molecule has 1 unspecified atom stereocenters. The predicted molar refractivity (Wildman–Crippen MR) is 87.5 cm³/mol. The first-order valence-electron chi connectivity index (χ1n) is 6.34. The maximum absolute atomic E-state index is 12.1. The molecule has 2 aromatic carbocycles. The van der Waals surface area contributed by atoms with Gasteiger partial charge in [-0.25, -0.2) is 0 Å². The molecule has 0 radical (unpaired) electrons. The molecule has 0 bridgehead atoms. The molecule has 0 spiro atoms. The molecule has 5 heteroatoms. The number of benzene rings is 2. The summed E-state index contributed by atoms with van der Waals surface area (Å²) in [7, 11) is 0. The van der Waals surface area contributed by atoms with E-state index in [0.29, 0.717) is 0 Å². The van der Waals surface area contributed by atoms with Crippen molar-refractivity contribution in [3.63, 3.8) is 0 Å². The average Bonchev–Trinajstić information content (AvgIpc) is 2.42. The summed E-state index contributed by atoms with van der Waals surface area (Å²) in [6.45, 7) is 1.28. The minimum atomic E-state index is -2.80. The number of hydrogen-bond donors (Lipinski definition) is 0. The molecule has 0 aromatic heterocycles. The standard InChI is InChI=1S/C16H14Br2F2O/c1-9-8-14(17)10(2)7-13(9)15(18)11-3-5-12(6-4-11)21-16(19)20/h3-8,15-16H,1-2H3. The third-order valence-corrected chi connectivity index (χ3v) is 5.09. The van der Waals surface area contributed by atoms with E-state index >= 15 is 0 Å². The third kappa shape index (κ3) is 4.04. The molecule has 1 nitrogen and oxygen atoms in total. The fourth-order valence-electron chi connectivity index (χ4n) is 2.07. The first-order chi connectivity index (χ1) is 9.88. The fraction of sp³-hybridized carbons (Fsp3) is 0.250. The van der Waals surface area contributed by atoms with Gasteiger partial charge in [-0.15, -0.1) is 0 Å². The molecule has 2 aromatic rings. The lowest BCUT2D eigenvalue weighted by atomic mass is 9.98. The van der Waals surface area contributed by atoms with E-state index in [1.807, 2.05) is 13.8 Å². The molecule has 112 valence electrons. The molecule has 0 amide bonds. The topological polar surface area (TPSA) is 9.23 Å². The number of ether oxygens (including phenoxy) is 1. The van der Waals surface area contributed by atoms with Crippen molar-refractivity contribution in [3.05, 3.63) is 63.1 Å². The summed E-state index contributed by atoms with van der Waals surface area (Å²) in [5.41, 5.74) is 4.44. The quantitative estimate of drug-likeness (QED) is 0.540. The monoisotopic (exact) mass is 418 g/mol. The molecule has 21 heavy (non-hydrogen) atoms. The van der Waals surface area contributed by atoms with Crippen LogP contribution in [0.4, 0.5) is 8.78 Å². The molecular weight excluding hydrogens is 406 g/mol. The van der Waals surface area contributed by atoms with Crippen LogP contribution in [0.2, 0.25) is 0 Å². The van der Waals surface area contributed by atoms with E-state index in [4.69, 9.17) is 0 Å². The van der Waals surface area contributed by atoms with E-state index < -0.39 is 6.61 Å². The zero-order valence-electron chi connectivity index (χ0n) is 11.5. The van der Waals surface area contributed by atoms with Crippen molar-refractivity contribution in [1.29, 1.82) is 0 Å². The van der Waals surface area contributed by atoms with Gasteiger partial charge in [-0.3, -0.25) is 0 Å². The minimum absolute atomic E-state index is 0.00454. The van der Waals surface area contributed by atoms with Crippen molar-refractivity contribution in [3.8, 4) is 5.75 Å². The van der Waals surface area contributed by atoms with E-state index in [1.165, 1.54) is 0 Å². The highest BCUT2D eigenvalue weighted by Gasteiger charge is 2.15. The molecular formula is C16H14Br2F2O. The zero-order chi connectivity index (χ0) is 15.6. The molecule has 0 aliphatic carbocycles. The highest BCUT2D eigenvalue weighted by Crippen LogP contribution is 2.35. The lowest BCUT2D eigenvalue weighted by molar-refractivity contribution is -0.0498. The summed E-state index contributed by atoms with van der Waals surface area (Å²) in [6.07, 6.45) is 0. The Morgan fingerprint density at radius 2 is 1.62 bits per heavy atom. The zero-order valence-corrected chi connectivity index (χ0v) is 14.7. The van der Waals surface area contributed by atoms with Gasteiger partial charge in [0.25, 0.3) is 0 Å². The number of aryl methyl sites for hydroxylation is 2. The molecule has 0 aliphatic heterocycles. The van der Waals surface area contributed by atoms with Crippen LogP contribution in [0.25, 0.3) is 0 Å². The fourth-order valence-corrected chi connectivity index (χ4v) is 3.33. The highest BCUT2D eigenvalue weighted by molar-refractivity contribution is 9.10. The maximum Gasteiger partial charge on any atom is 0.387 e. The number of rotatable bonds is 4. The molecule has 0 fully saturated rings. The summed E-state index contributed by atoms with van der Waals surface area (Å²) >= 11 is 7.19. The Labute approximate surface area is 139 Å². The van der Waals surface area contributed by atoms with Crippen molar-refractivity contribution < 1.29 is 13.5 Å². The summed E-state index contributed by atoms with van der Waals surface area (Å²) in [5, 5.41) is 0. The van der Waals surface area contributed by atoms with Gasteiger partial charge in [0.2, 0.25) is 0 Å². The van der Waals surface area contributed by atoms with Crippen molar-refractivity contribution >= 4 is 31.9 Å². The number of alkyl halides is 3. The van der Waals surface area contributed by atoms with Crippen LogP contribution in [0.3, 0.4) is 0 Å². The summed E-state index contributed by atoms with van der Waals surface area (Å²) in [6, 6.07) is 10.9. The second kappa shape index (κ2) is 6.88. The Hall–Kier alpha value is -0.940. The van der Waals surface area contributed by atoms with E-state index in [-0.39, 0.29) is 10.6 Å². The van der Waals surface area contributed by atoms with Crippen LogP contribution in [0.15, 0.2) is 40.9 Å². The van der Waals surface area contributed by atoms with E-state index in [9.17, 15) is 8.78 Å². The average molecular weight is 420 g/mol. The van der Waals surface area contributed by atoms with Crippen molar-refractivity contribution in [2.45, 2.75) is 25.3 Å². The first kappa shape index (κ1) is 16.4. The predicted octanol–water partition coefficient (Wildman–Crippen LogP) is 6.15. The lowest BCUT2D eigenvalue weighted by Crippen LogP contribution is -2.02. The van der Waals surface area contributed by atoms with E-state index in [0.717, 1.165) is 26.7 Å². The van der Waals surface area contributed by atoms with E-state index in [2.05, 4.69) is 48.7 Å². The number of hydrogen-bond acceptors (Lipinski definition) is 1. The van der Waals surface area contributed by atoms with Crippen molar-refractivity contribution in [2.75, 3.05) is 0 Å². The van der Waals surface area contributed by atoms with Crippen LogP contribution in [-0.4, -0.2) is 6.61 Å². The van der Waals surface area contributed by atoms with Crippen molar-refractivity contribution in [1.82, 2.24) is 0 Å². The molecule has 0 saturated heterocycles. The van der Waals surface area contributed by atoms with Gasteiger partial charge in [-0.1, -0.05) is 50.1 Å². The molecule has 0 saturated carbocycles. The second-order valence-electron chi connectivity index (χ2n) is 4.77. The van der Waals surface area contributed by atoms with Crippen LogP contribution in [0.5, 0.6) is 5.75 Å². The third-order valence-electron chi connectivity index (χ3n) is 3.22. The largest absolute Gasteiger partial charge is 0.435 e. The lowest BCUT2D eigenvalue weighted by Gasteiger charge is -2.16. The molecule has 0 aliphatic rings. The van der Waals surface area contributed by atoms with Gasteiger partial charge in [0.15, 0.2) is 0 Å². The summed E-state index contributed by atoms with van der Waals surface area (Å²) < 4.78 is 29.7. The molecule has 0 heterocycles. The molecule has 2 rings (SSSR count). The van der Waals surface area contributed by atoms with Gasteiger partial charge in [-0.2, -0.15) is 8.78 Å². The number of halogens is 4. The second-order valence-corrected chi connectivity index (χ2v) is 6.54. The summed E-state index contributed by atoms with van der Waals surface area (Å²) in [4.78, 5) is 0.00454. The Morgan fingerprint density at radius 1 is 1.00 bits per heavy atom. The molecule has 0 N–H and O–H groups in total. The van der Waals surface area contributed by atoms with Crippen LogP contribution in [0, 0.1) is 13.8 Å². The van der Waals surface area contributed by atoms with Gasteiger partial charge in [0, 0.05) is 4.47 Å².